The van der Waals surface area contributed by atoms with Gasteiger partial charge in [0.25, 0.3) is 11.6 Å². The molecule has 0 aromatic carbocycles. The molecule has 1 saturated heterocycles. The molecule has 2 N–H and O–H groups in total. The average molecular weight is 294 g/mol. The van der Waals surface area contributed by atoms with Crippen LogP contribution in [0.25, 0.3) is 0 Å². The summed E-state index contributed by atoms with van der Waals surface area (Å²) in [5, 5.41) is 23.6. The Morgan fingerprint density at radius 3 is 3.05 bits per heavy atom. The Bertz CT molecular complexity index is 549. The van der Waals surface area contributed by atoms with Crippen LogP contribution in [0.1, 0.15) is 30.1 Å². The number of pyridine rings is 1. The molecule has 1 aliphatic rings. The molecule has 114 valence electrons. The van der Waals surface area contributed by atoms with Gasteiger partial charge in [-0.2, -0.15) is 0 Å². The Hall–Kier alpha value is -2.22. The lowest BCUT2D eigenvalue weighted by Gasteiger charge is -2.30. The fraction of sp³-hybridized carbons (Fsp3) is 0.538. The van der Waals surface area contributed by atoms with Crippen LogP contribution < -0.4 is 5.32 Å². The summed E-state index contributed by atoms with van der Waals surface area (Å²) in [7, 11) is 0. The van der Waals surface area contributed by atoms with Gasteiger partial charge in [-0.15, -0.1) is 0 Å². The van der Waals surface area contributed by atoms with E-state index in [1.807, 2.05) is 6.92 Å². The number of carbonyl (C=O) groups excluding carboxylic acids is 1. The Kier molecular flexibility index (Phi) is 4.69. The number of hydrogen-bond donors (Lipinski definition) is 2. The van der Waals surface area contributed by atoms with Crippen molar-refractivity contribution in [1.29, 1.82) is 0 Å². The highest BCUT2D eigenvalue weighted by molar-refractivity contribution is 5.98. The second kappa shape index (κ2) is 6.49. The number of aromatic nitrogens is 1. The van der Waals surface area contributed by atoms with Gasteiger partial charge in [-0.05, 0) is 19.8 Å². The number of nitrogens with zero attached hydrogens (tertiary/aromatic N) is 3. The number of likely N-dealkylation sites (tertiary alicyclic amines) is 1. The lowest BCUT2D eigenvalue weighted by Crippen LogP contribution is -2.42. The van der Waals surface area contributed by atoms with Gasteiger partial charge in [0, 0.05) is 25.7 Å². The zero-order valence-electron chi connectivity index (χ0n) is 11.8. The number of β-amino-alcohol motifs (C(OH)–C–C–N with tert-alkyl or cyclic N) is 1. The molecule has 1 atom stereocenters. The number of anilines is 1. The van der Waals surface area contributed by atoms with Crippen LogP contribution in [-0.4, -0.2) is 51.6 Å². The molecule has 0 spiro atoms. The number of rotatable bonds is 4. The van der Waals surface area contributed by atoms with E-state index in [0.29, 0.717) is 31.7 Å². The summed E-state index contributed by atoms with van der Waals surface area (Å²) in [4.78, 5) is 28.3. The smallest absolute Gasteiger partial charge is 0.300 e. The summed E-state index contributed by atoms with van der Waals surface area (Å²) < 4.78 is 0. The number of amides is 1. The maximum atomic E-state index is 12.5. The Labute approximate surface area is 121 Å². The molecule has 0 bridgehead atoms. The summed E-state index contributed by atoms with van der Waals surface area (Å²) in [6.07, 6.45) is 1.85. The van der Waals surface area contributed by atoms with Crippen molar-refractivity contribution in [3.8, 4) is 0 Å². The van der Waals surface area contributed by atoms with Crippen LogP contribution in [0.5, 0.6) is 0 Å². The van der Waals surface area contributed by atoms with E-state index in [-0.39, 0.29) is 17.8 Å². The zero-order valence-corrected chi connectivity index (χ0v) is 11.8. The van der Waals surface area contributed by atoms with Gasteiger partial charge < -0.3 is 15.3 Å². The summed E-state index contributed by atoms with van der Waals surface area (Å²) >= 11 is 0. The van der Waals surface area contributed by atoms with Crippen LogP contribution in [0.4, 0.5) is 11.5 Å². The monoisotopic (exact) mass is 294 g/mol. The molecule has 8 nitrogen and oxygen atoms in total. The predicted molar refractivity (Wildman–Crippen MR) is 76.2 cm³/mol. The summed E-state index contributed by atoms with van der Waals surface area (Å²) in [5.41, 5.74) is -0.318. The van der Waals surface area contributed by atoms with Crippen LogP contribution in [0.15, 0.2) is 12.3 Å². The van der Waals surface area contributed by atoms with Crippen molar-refractivity contribution in [2.24, 2.45) is 0 Å². The highest BCUT2D eigenvalue weighted by Crippen LogP contribution is 2.23. The van der Waals surface area contributed by atoms with Crippen LogP contribution in [0, 0.1) is 10.1 Å². The van der Waals surface area contributed by atoms with Gasteiger partial charge in [-0.3, -0.25) is 14.9 Å². The summed E-state index contributed by atoms with van der Waals surface area (Å²) in [5.74, 6) is -0.0222. The molecular weight excluding hydrogens is 276 g/mol. The molecule has 1 fully saturated rings. The number of carbonyl (C=O) groups is 1. The first-order valence-electron chi connectivity index (χ1n) is 6.88. The predicted octanol–water partition coefficient (Wildman–Crippen LogP) is 1.02. The second-order valence-corrected chi connectivity index (χ2v) is 4.92. The number of nitro groups is 1. The quantitative estimate of drug-likeness (QED) is 0.634. The van der Waals surface area contributed by atoms with E-state index in [2.05, 4.69) is 10.3 Å². The molecule has 0 aliphatic carbocycles. The van der Waals surface area contributed by atoms with Gasteiger partial charge in [-0.1, -0.05) is 0 Å². The first-order valence-corrected chi connectivity index (χ1v) is 6.88. The fourth-order valence-corrected chi connectivity index (χ4v) is 2.35. The molecule has 2 rings (SSSR count). The molecule has 1 amide bonds. The van der Waals surface area contributed by atoms with E-state index in [1.54, 1.807) is 0 Å². The molecule has 1 aliphatic heterocycles. The molecule has 1 unspecified atom stereocenters. The third kappa shape index (κ3) is 3.46. The third-order valence-electron chi connectivity index (χ3n) is 3.35. The first-order chi connectivity index (χ1) is 10.0. The van der Waals surface area contributed by atoms with E-state index >= 15 is 0 Å². The van der Waals surface area contributed by atoms with Gasteiger partial charge in [0.05, 0.1) is 11.0 Å². The number of hydrogen-bond acceptors (Lipinski definition) is 6. The standard InChI is InChI=1S/C13H18N4O4/c1-2-14-12-6-10(11(7-15-12)17(20)21)13(19)16-5-3-4-9(18)8-16/h6-7,9,18H,2-5,8H2,1H3,(H,14,15). The van der Waals surface area contributed by atoms with E-state index in [1.165, 1.54) is 11.0 Å². The van der Waals surface area contributed by atoms with E-state index < -0.39 is 16.9 Å². The van der Waals surface area contributed by atoms with Gasteiger partial charge in [-0.25, -0.2) is 4.98 Å². The highest BCUT2D eigenvalue weighted by atomic mass is 16.6. The fourth-order valence-electron chi connectivity index (χ4n) is 2.35. The van der Waals surface area contributed by atoms with Crippen molar-refractivity contribution in [2.75, 3.05) is 25.0 Å². The summed E-state index contributed by atoms with van der Waals surface area (Å²) in [6.45, 7) is 3.16. The molecule has 21 heavy (non-hydrogen) atoms. The van der Waals surface area contributed by atoms with E-state index in [9.17, 15) is 20.0 Å². The van der Waals surface area contributed by atoms with Crippen molar-refractivity contribution >= 4 is 17.4 Å². The topological polar surface area (TPSA) is 109 Å². The van der Waals surface area contributed by atoms with E-state index in [4.69, 9.17) is 0 Å². The molecule has 0 radical (unpaired) electrons. The SMILES string of the molecule is CCNc1cc(C(=O)N2CCCC(O)C2)c([N+](=O)[O-])cn1. The second-order valence-electron chi connectivity index (χ2n) is 4.92. The minimum Gasteiger partial charge on any atom is -0.391 e. The van der Waals surface area contributed by atoms with Crippen molar-refractivity contribution in [3.63, 3.8) is 0 Å². The lowest BCUT2D eigenvalue weighted by molar-refractivity contribution is -0.385. The lowest BCUT2D eigenvalue weighted by atomic mass is 10.1. The van der Waals surface area contributed by atoms with Crippen molar-refractivity contribution < 1.29 is 14.8 Å². The molecule has 8 heteroatoms. The van der Waals surface area contributed by atoms with Crippen molar-refractivity contribution in [3.05, 3.63) is 27.9 Å². The minimum absolute atomic E-state index is 0.0000463. The van der Waals surface area contributed by atoms with E-state index in [0.717, 1.165) is 6.20 Å². The Morgan fingerprint density at radius 2 is 2.43 bits per heavy atom. The van der Waals surface area contributed by atoms with Crippen LogP contribution >= 0.6 is 0 Å². The van der Waals surface area contributed by atoms with Crippen molar-refractivity contribution in [1.82, 2.24) is 9.88 Å². The molecule has 1 aromatic heterocycles. The number of aliphatic hydroxyl groups is 1. The maximum Gasteiger partial charge on any atom is 0.300 e. The molecule has 1 aromatic rings. The average Bonchev–Trinajstić information content (AvgIpc) is 2.46. The molecule has 0 saturated carbocycles. The third-order valence-corrected chi connectivity index (χ3v) is 3.35. The van der Waals surface area contributed by atoms with Gasteiger partial charge in [0.2, 0.25) is 0 Å². The van der Waals surface area contributed by atoms with Crippen LogP contribution in [0.3, 0.4) is 0 Å². The van der Waals surface area contributed by atoms with Gasteiger partial charge >= 0.3 is 0 Å². The Morgan fingerprint density at radius 1 is 1.67 bits per heavy atom. The maximum absolute atomic E-state index is 12.5. The number of nitrogens with one attached hydrogen (secondary N) is 1. The van der Waals surface area contributed by atoms with Crippen LogP contribution in [0.2, 0.25) is 0 Å². The number of piperidine rings is 1. The first kappa shape index (κ1) is 15.2. The highest BCUT2D eigenvalue weighted by Gasteiger charge is 2.29. The summed E-state index contributed by atoms with van der Waals surface area (Å²) in [6, 6.07) is 1.39. The Balaban J connectivity index is 2.32. The normalized spacial score (nSPS) is 18.4. The largest absolute Gasteiger partial charge is 0.391 e. The number of aliphatic hydroxyl groups excluding tert-OH is 1. The minimum atomic E-state index is -0.615. The van der Waals surface area contributed by atoms with Crippen molar-refractivity contribution in [2.45, 2.75) is 25.9 Å². The van der Waals surface area contributed by atoms with Crippen LogP contribution in [-0.2, 0) is 0 Å². The zero-order chi connectivity index (χ0) is 15.4. The van der Waals surface area contributed by atoms with Gasteiger partial charge in [0.15, 0.2) is 0 Å². The van der Waals surface area contributed by atoms with Gasteiger partial charge in [0.1, 0.15) is 17.6 Å². The molecular formula is C13H18N4O4. The molecule has 2 heterocycles.